The summed E-state index contributed by atoms with van der Waals surface area (Å²) in [6.07, 6.45) is 8.77. The van der Waals surface area contributed by atoms with Crippen molar-refractivity contribution >= 4 is 12.0 Å². The quantitative estimate of drug-likeness (QED) is 0.813. The summed E-state index contributed by atoms with van der Waals surface area (Å²) in [5, 5.41) is 7.06. The Labute approximate surface area is 103 Å². The van der Waals surface area contributed by atoms with Crippen molar-refractivity contribution in [3.8, 4) is 0 Å². The molecule has 1 N–H and O–H groups in total. The maximum absolute atomic E-state index is 10.6. The first kappa shape index (κ1) is 13.5. The molecule has 0 radical (unpaired) electrons. The second kappa shape index (κ2) is 5.66. The molecule has 0 saturated carbocycles. The standard InChI is InChI=1S/C13H21N3O/c1-11(17)14-8-6-5-7-12-9-15-16(10-12)13(2,3)4/h5,7,9-10H,6,8H2,1-4H3,(H,14,17). The molecule has 1 amide bonds. The van der Waals surface area contributed by atoms with Crippen molar-refractivity contribution in [1.29, 1.82) is 0 Å². The van der Waals surface area contributed by atoms with E-state index in [-0.39, 0.29) is 11.4 Å². The fourth-order valence-corrected chi connectivity index (χ4v) is 1.34. The van der Waals surface area contributed by atoms with Crippen LogP contribution in [0, 0.1) is 0 Å². The van der Waals surface area contributed by atoms with E-state index in [4.69, 9.17) is 0 Å². The highest BCUT2D eigenvalue weighted by Crippen LogP contribution is 2.13. The largest absolute Gasteiger partial charge is 0.356 e. The van der Waals surface area contributed by atoms with Crippen molar-refractivity contribution in [1.82, 2.24) is 15.1 Å². The number of amides is 1. The number of carbonyl (C=O) groups excluding carboxylic acids is 1. The third-order valence-electron chi connectivity index (χ3n) is 2.29. The van der Waals surface area contributed by atoms with Crippen LogP contribution in [-0.4, -0.2) is 22.2 Å². The minimum absolute atomic E-state index is 0.0129. The Morgan fingerprint density at radius 1 is 1.53 bits per heavy atom. The summed E-state index contributed by atoms with van der Waals surface area (Å²) in [5.74, 6) is 0.0129. The normalized spacial score (nSPS) is 12.0. The molecule has 0 aliphatic heterocycles. The van der Waals surface area contributed by atoms with E-state index in [1.54, 1.807) is 0 Å². The average Bonchev–Trinajstić information content (AvgIpc) is 2.64. The molecule has 0 aliphatic carbocycles. The van der Waals surface area contributed by atoms with Crippen molar-refractivity contribution in [3.05, 3.63) is 24.0 Å². The number of nitrogens with one attached hydrogen (secondary N) is 1. The van der Waals surface area contributed by atoms with Gasteiger partial charge >= 0.3 is 0 Å². The van der Waals surface area contributed by atoms with Crippen molar-refractivity contribution in [2.75, 3.05) is 6.54 Å². The molecule has 94 valence electrons. The van der Waals surface area contributed by atoms with Crippen LogP contribution in [0.25, 0.3) is 6.08 Å². The zero-order valence-electron chi connectivity index (χ0n) is 11.0. The topological polar surface area (TPSA) is 46.9 Å². The van der Waals surface area contributed by atoms with Gasteiger partial charge in [0.1, 0.15) is 0 Å². The minimum atomic E-state index is 0.0129. The summed E-state index contributed by atoms with van der Waals surface area (Å²) in [5.41, 5.74) is 1.10. The molecule has 1 aromatic rings. The first-order valence-corrected chi connectivity index (χ1v) is 5.86. The molecular formula is C13H21N3O. The number of carbonyl (C=O) groups is 1. The number of rotatable bonds is 4. The predicted molar refractivity (Wildman–Crippen MR) is 69.6 cm³/mol. The van der Waals surface area contributed by atoms with Crippen LogP contribution in [0.15, 0.2) is 18.5 Å². The molecule has 0 unspecified atom stereocenters. The molecule has 0 fully saturated rings. The summed E-state index contributed by atoms with van der Waals surface area (Å²) in [6.45, 7) is 8.55. The van der Waals surface area contributed by atoms with Crippen molar-refractivity contribution in [2.45, 2.75) is 39.7 Å². The monoisotopic (exact) mass is 235 g/mol. The van der Waals surface area contributed by atoms with E-state index < -0.39 is 0 Å². The van der Waals surface area contributed by atoms with Crippen LogP contribution in [-0.2, 0) is 10.3 Å². The number of hydrogen-bond acceptors (Lipinski definition) is 2. The third kappa shape index (κ3) is 4.85. The van der Waals surface area contributed by atoms with Crippen LogP contribution >= 0.6 is 0 Å². The highest BCUT2D eigenvalue weighted by molar-refractivity contribution is 5.72. The molecule has 4 nitrogen and oxygen atoms in total. The lowest BCUT2D eigenvalue weighted by Gasteiger charge is -2.18. The molecule has 0 bridgehead atoms. The lowest BCUT2D eigenvalue weighted by molar-refractivity contribution is -0.118. The van der Waals surface area contributed by atoms with Gasteiger partial charge in [-0.15, -0.1) is 0 Å². The molecular weight excluding hydrogens is 214 g/mol. The van der Waals surface area contributed by atoms with E-state index in [1.165, 1.54) is 6.92 Å². The molecule has 0 aromatic carbocycles. The van der Waals surface area contributed by atoms with E-state index in [1.807, 2.05) is 29.2 Å². The summed E-state index contributed by atoms with van der Waals surface area (Å²) in [6, 6.07) is 0. The zero-order valence-corrected chi connectivity index (χ0v) is 11.0. The van der Waals surface area contributed by atoms with Gasteiger partial charge in [-0.2, -0.15) is 5.10 Å². The molecule has 1 aromatic heterocycles. The van der Waals surface area contributed by atoms with Crippen LogP contribution in [0.2, 0.25) is 0 Å². The zero-order chi connectivity index (χ0) is 12.9. The fourth-order valence-electron chi connectivity index (χ4n) is 1.34. The van der Waals surface area contributed by atoms with E-state index in [0.717, 1.165) is 12.0 Å². The summed E-state index contributed by atoms with van der Waals surface area (Å²) < 4.78 is 1.94. The van der Waals surface area contributed by atoms with Crippen LogP contribution in [0.5, 0.6) is 0 Å². The highest BCUT2D eigenvalue weighted by atomic mass is 16.1. The third-order valence-corrected chi connectivity index (χ3v) is 2.29. The molecule has 0 atom stereocenters. The minimum Gasteiger partial charge on any atom is -0.356 e. The lowest BCUT2D eigenvalue weighted by Crippen LogP contribution is -2.21. The van der Waals surface area contributed by atoms with Crippen LogP contribution in [0.3, 0.4) is 0 Å². The van der Waals surface area contributed by atoms with Gasteiger partial charge in [-0.25, -0.2) is 0 Å². The smallest absolute Gasteiger partial charge is 0.216 e. The molecule has 1 rings (SSSR count). The molecule has 0 aliphatic rings. The summed E-state index contributed by atoms with van der Waals surface area (Å²) in [4.78, 5) is 10.6. The Balaban J connectivity index is 2.44. The summed E-state index contributed by atoms with van der Waals surface area (Å²) >= 11 is 0. The fraction of sp³-hybridized carbons (Fsp3) is 0.538. The second-order valence-electron chi connectivity index (χ2n) is 5.06. The predicted octanol–water partition coefficient (Wildman–Crippen LogP) is 2.18. The van der Waals surface area contributed by atoms with Crippen LogP contribution in [0.1, 0.15) is 39.7 Å². The SMILES string of the molecule is CC(=O)NCCC=Cc1cnn(C(C)(C)C)c1. The van der Waals surface area contributed by atoms with E-state index in [2.05, 4.69) is 31.2 Å². The van der Waals surface area contributed by atoms with Gasteiger partial charge in [0.25, 0.3) is 0 Å². The Morgan fingerprint density at radius 2 is 2.24 bits per heavy atom. The van der Waals surface area contributed by atoms with Gasteiger partial charge in [-0.3, -0.25) is 9.48 Å². The molecule has 0 saturated heterocycles. The van der Waals surface area contributed by atoms with Gasteiger partial charge in [-0.1, -0.05) is 12.2 Å². The van der Waals surface area contributed by atoms with Gasteiger partial charge in [0.05, 0.1) is 11.7 Å². The Hall–Kier alpha value is -1.58. The van der Waals surface area contributed by atoms with Gasteiger partial charge < -0.3 is 5.32 Å². The first-order chi connectivity index (χ1) is 7.89. The van der Waals surface area contributed by atoms with Gasteiger partial charge in [0.2, 0.25) is 5.91 Å². The molecule has 0 spiro atoms. The Kier molecular flexibility index (Phi) is 4.49. The van der Waals surface area contributed by atoms with Crippen molar-refractivity contribution in [2.24, 2.45) is 0 Å². The lowest BCUT2D eigenvalue weighted by atomic mass is 10.1. The first-order valence-electron chi connectivity index (χ1n) is 5.86. The average molecular weight is 235 g/mol. The van der Waals surface area contributed by atoms with E-state index >= 15 is 0 Å². The second-order valence-corrected chi connectivity index (χ2v) is 5.06. The molecule has 1 heterocycles. The van der Waals surface area contributed by atoms with E-state index in [0.29, 0.717) is 6.54 Å². The Morgan fingerprint density at radius 3 is 2.76 bits per heavy atom. The van der Waals surface area contributed by atoms with Gasteiger partial charge in [-0.05, 0) is 27.2 Å². The Bertz CT molecular complexity index is 399. The number of hydrogen-bond donors (Lipinski definition) is 1. The highest BCUT2D eigenvalue weighted by Gasteiger charge is 2.12. The van der Waals surface area contributed by atoms with Crippen LogP contribution in [0.4, 0.5) is 0 Å². The van der Waals surface area contributed by atoms with Crippen LogP contribution < -0.4 is 5.32 Å². The van der Waals surface area contributed by atoms with Gasteiger partial charge in [0.15, 0.2) is 0 Å². The molecule has 17 heavy (non-hydrogen) atoms. The van der Waals surface area contributed by atoms with Gasteiger partial charge in [0, 0.05) is 25.2 Å². The van der Waals surface area contributed by atoms with Crippen molar-refractivity contribution in [3.63, 3.8) is 0 Å². The number of aromatic nitrogens is 2. The van der Waals surface area contributed by atoms with E-state index in [9.17, 15) is 4.79 Å². The maximum atomic E-state index is 10.6. The number of nitrogens with zero attached hydrogens (tertiary/aromatic N) is 2. The molecule has 4 heteroatoms. The summed E-state index contributed by atoms with van der Waals surface area (Å²) in [7, 11) is 0. The maximum Gasteiger partial charge on any atom is 0.216 e. The van der Waals surface area contributed by atoms with Crippen molar-refractivity contribution < 1.29 is 4.79 Å².